The number of aromatic nitrogens is 1. The molecule has 5 heteroatoms. The van der Waals surface area contributed by atoms with Gasteiger partial charge in [-0.1, -0.05) is 18.2 Å². The molecule has 0 unspecified atom stereocenters. The average Bonchev–Trinajstić information content (AvgIpc) is 3.17. The first-order valence-corrected chi connectivity index (χ1v) is 9.94. The highest BCUT2D eigenvalue weighted by Gasteiger charge is 2.36. The van der Waals surface area contributed by atoms with E-state index in [0.717, 1.165) is 38.2 Å². The van der Waals surface area contributed by atoms with Gasteiger partial charge in [0.15, 0.2) is 0 Å². The van der Waals surface area contributed by atoms with Gasteiger partial charge in [-0.05, 0) is 62.3 Å². The van der Waals surface area contributed by atoms with Crippen LogP contribution in [0.3, 0.4) is 0 Å². The fourth-order valence-electron chi connectivity index (χ4n) is 4.26. The Balaban J connectivity index is 1.36. The fraction of sp³-hybridized carbons (Fsp3) is 0.500. The largest absolute Gasteiger partial charge is 0.490 e. The maximum absolute atomic E-state index is 14.0. The lowest BCUT2D eigenvalue weighted by atomic mass is 9.85. The molecule has 4 rings (SSSR count). The molecule has 4 nitrogen and oxygen atoms in total. The van der Waals surface area contributed by atoms with Crippen LogP contribution in [0.25, 0.3) is 0 Å². The second-order valence-corrected chi connectivity index (χ2v) is 7.82. The van der Waals surface area contributed by atoms with Gasteiger partial charge in [-0.3, -0.25) is 4.90 Å². The van der Waals surface area contributed by atoms with Crippen molar-refractivity contribution in [3.05, 3.63) is 59.7 Å². The molecule has 27 heavy (non-hydrogen) atoms. The summed E-state index contributed by atoms with van der Waals surface area (Å²) in [5.74, 6) is 0.385. The first-order chi connectivity index (χ1) is 13.1. The minimum Gasteiger partial charge on any atom is -0.490 e. The number of rotatable bonds is 5. The summed E-state index contributed by atoms with van der Waals surface area (Å²) >= 11 is 0. The molecule has 1 saturated heterocycles. The van der Waals surface area contributed by atoms with Crippen LogP contribution in [0.4, 0.5) is 4.39 Å². The molecule has 144 valence electrons. The van der Waals surface area contributed by atoms with Crippen LogP contribution in [0, 0.1) is 5.95 Å². The van der Waals surface area contributed by atoms with Gasteiger partial charge in [0.1, 0.15) is 5.75 Å². The van der Waals surface area contributed by atoms with E-state index in [1.807, 2.05) is 12.1 Å². The summed E-state index contributed by atoms with van der Waals surface area (Å²) < 4.78 is 20.1. The molecular weight excluding hydrogens is 343 g/mol. The molecule has 1 N–H and O–H groups in total. The lowest BCUT2D eigenvalue weighted by molar-refractivity contribution is -0.0308. The van der Waals surface area contributed by atoms with Crippen LogP contribution in [0.5, 0.6) is 5.75 Å². The molecule has 1 aromatic carbocycles. The molecule has 2 heterocycles. The van der Waals surface area contributed by atoms with Gasteiger partial charge in [-0.2, -0.15) is 4.39 Å². The molecule has 0 bridgehead atoms. The summed E-state index contributed by atoms with van der Waals surface area (Å²) in [7, 11) is 0. The highest BCUT2D eigenvalue weighted by atomic mass is 19.1. The number of likely N-dealkylation sites (tertiary alicyclic amines) is 1. The Labute approximate surface area is 160 Å². The second-order valence-electron chi connectivity index (χ2n) is 7.82. The maximum atomic E-state index is 14.0. The van der Waals surface area contributed by atoms with Crippen molar-refractivity contribution in [2.75, 3.05) is 13.1 Å². The number of hydrogen-bond acceptors (Lipinski definition) is 4. The monoisotopic (exact) mass is 370 g/mol. The van der Waals surface area contributed by atoms with Gasteiger partial charge < -0.3 is 9.84 Å². The molecule has 2 aliphatic rings. The van der Waals surface area contributed by atoms with Gasteiger partial charge in [0.25, 0.3) is 0 Å². The highest BCUT2D eigenvalue weighted by molar-refractivity contribution is 5.29. The predicted octanol–water partition coefficient (Wildman–Crippen LogP) is 4.03. The number of hydrogen-bond donors (Lipinski definition) is 1. The topological polar surface area (TPSA) is 45.6 Å². The van der Waals surface area contributed by atoms with Crippen molar-refractivity contribution < 1.29 is 14.2 Å². The predicted molar refractivity (Wildman–Crippen MR) is 102 cm³/mol. The molecule has 2 aromatic rings. The van der Waals surface area contributed by atoms with Crippen LogP contribution >= 0.6 is 0 Å². The van der Waals surface area contributed by atoms with Gasteiger partial charge in [-0.25, -0.2) is 4.98 Å². The molecule has 1 aliphatic heterocycles. The van der Waals surface area contributed by atoms with Crippen LogP contribution in [-0.2, 0) is 12.1 Å². The average molecular weight is 370 g/mol. The van der Waals surface area contributed by atoms with Gasteiger partial charge >= 0.3 is 0 Å². The Morgan fingerprint density at radius 1 is 1.15 bits per heavy atom. The molecule has 1 saturated carbocycles. The fourth-order valence-corrected chi connectivity index (χ4v) is 4.26. The smallest absolute Gasteiger partial charge is 0.218 e. The summed E-state index contributed by atoms with van der Waals surface area (Å²) in [5.41, 5.74) is 0.405. The standard InChI is InChI=1S/C22H27FN2O2/c23-21-20(9-4-12-24-21)22(26)10-13-25(14-11-22)16-17-5-3-8-19(15-17)27-18-6-1-2-7-18/h3-5,8-9,12,15,18,26H,1-2,6-7,10-11,13-14,16H2. The SMILES string of the molecule is OC1(c2cccnc2F)CCN(Cc2cccc(OC3CCCC3)c2)CC1. The van der Waals surface area contributed by atoms with Gasteiger partial charge in [0, 0.05) is 31.4 Å². The van der Waals surface area contributed by atoms with Crippen molar-refractivity contribution in [3.63, 3.8) is 0 Å². The van der Waals surface area contributed by atoms with Crippen molar-refractivity contribution in [1.82, 2.24) is 9.88 Å². The zero-order valence-electron chi connectivity index (χ0n) is 15.6. The zero-order chi connectivity index (χ0) is 18.7. The van der Waals surface area contributed by atoms with Crippen LogP contribution in [0.2, 0.25) is 0 Å². The maximum Gasteiger partial charge on any atom is 0.218 e. The van der Waals surface area contributed by atoms with Crippen molar-refractivity contribution in [1.29, 1.82) is 0 Å². The number of aliphatic hydroxyl groups is 1. The van der Waals surface area contributed by atoms with E-state index in [9.17, 15) is 9.50 Å². The normalized spacial score (nSPS) is 20.7. The van der Waals surface area contributed by atoms with E-state index in [1.54, 1.807) is 12.1 Å². The molecule has 0 spiro atoms. The molecule has 1 aromatic heterocycles. The third kappa shape index (κ3) is 4.30. The summed E-state index contributed by atoms with van der Waals surface area (Å²) in [6, 6.07) is 11.6. The van der Waals surface area contributed by atoms with E-state index in [4.69, 9.17) is 4.74 Å². The molecule has 0 radical (unpaired) electrons. The first kappa shape index (κ1) is 18.4. The van der Waals surface area contributed by atoms with E-state index in [-0.39, 0.29) is 0 Å². The Hall–Kier alpha value is -1.98. The Morgan fingerprint density at radius 2 is 1.93 bits per heavy atom. The third-order valence-electron chi connectivity index (χ3n) is 5.85. The molecule has 2 fully saturated rings. The zero-order valence-corrected chi connectivity index (χ0v) is 15.6. The van der Waals surface area contributed by atoms with E-state index in [1.165, 1.54) is 24.6 Å². The number of nitrogens with zero attached hydrogens (tertiary/aromatic N) is 2. The van der Waals surface area contributed by atoms with E-state index in [2.05, 4.69) is 22.0 Å². The number of ether oxygens (including phenoxy) is 1. The lowest BCUT2D eigenvalue weighted by Gasteiger charge is -2.38. The van der Waals surface area contributed by atoms with Crippen molar-refractivity contribution in [2.45, 2.75) is 56.8 Å². The molecular formula is C22H27FN2O2. The van der Waals surface area contributed by atoms with E-state index in [0.29, 0.717) is 24.5 Å². The van der Waals surface area contributed by atoms with Crippen molar-refractivity contribution >= 4 is 0 Å². The molecule has 0 amide bonds. The summed E-state index contributed by atoms with van der Waals surface area (Å²) in [5, 5.41) is 10.9. The van der Waals surface area contributed by atoms with Crippen LogP contribution < -0.4 is 4.74 Å². The third-order valence-corrected chi connectivity index (χ3v) is 5.85. The number of benzene rings is 1. The van der Waals surface area contributed by atoms with Gasteiger partial charge in [0.2, 0.25) is 5.95 Å². The first-order valence-electron chi connectivity index (χ1n) is 9.94. The van der Waals surface area contributed by atoms with Crippen LogP contribution in [0.15, 0.2) is 42.6 Å². The highest BCUT2D eigenvalue weighted by Crippen LogP contribution is 2.34. The number of halogens is 1. The summed E-state index contributed by atoms with van der Waals surface area (Å²) in [4.78, 5) is 5.99. The minimum absolute atomic E-state index is 0.316. The van der Waals surface area contributed by atoms with Crippen LogP contribution in [0.1, 0.15) is 49.7 Å². The van der Waals surface area contributed by atoms with Crippen molar-refractivity contribution in [2.24, 2.45) is 0 Å². The van der Waals surface area contributed by atoms with Crippen molar-refractivity contribution in [3.8, 4) is 5.75 Å². The summed E-state index contributed by atoms with van der Waals surface area (Å²) in [6.07, 6.45) is 7.62. The second kappa shape index (κ2) is 7.95. The van der Waals surface area contributed by atoms with Gasteiger partial charge in [0.05, 0.1) is 11.7 Å². The van der Waals surface area contributed by atoms with E-state index < -0.39 is 11.5 Å². The quantitative estimate of drug-likeness (QED) is 0.808. The Kier molecular flexibility index (Phi) is 5.41. The van der Waals surface area contributed by atoms with Crippen LogP contribution in [-0.4, -0.2) is 34.2 Å². The molecule has 0 atom stereocenters. The number of piperidine rings is 1. The summed E-state index contributed by atoms with van der Waals surface area (Å²) in [6.45, 7) is 2.25. The van der Waals surface area contributed by atoms with E-state index >= 15 is 0 Å². The minimum atomic E-state index is -1.12. The lowest BCUT2D eigenvalue weighted by Crippen LogP contribution is -2.42. The number of pyridine rings is 1. The Bertz CT molecular complexity index is 768. The molecule has 1 aliphatic carbocycles. The Morgan fingerprint density at radius 3 is 2.67 bits per heavy atom. The van der Waals surface area contributed by atoms with Gasteiger partial charge in [-0.15, -0.1) is 0 Å².